The Bertz CT molecular complexity index is 759. The quantitative estimate of drug-likeness (QED) is 0.598. The number of ether oxygens (including phenoxy) is 3. The normalized spacial score (nSPS) is 24.3. The van der Waals surface area contributed by atoms with Gasteiger partial charge < -0.3 is 19.5 Å². The van der Waals surface area contributed by atoms with E-state index in [1.54, 1.807) is 14.2 Å². The van der Waals surface area contributed by atoms with Crippen LogP contribution in [-0.4, -0.2) is 33.0 Å². The summed E-state index contributed by atoms with van der Waals surface area (Å²) in [7, 11) is 3.42. The molecule has 4 heteroatoms. The molecule has 1 aliphatic heterocycles. The van der Waals surface area contributed by atoms with Gasteiger partial charge >= 0.3 is 0 Å². The molecule has 2 aromatic carbocycles. The van der Waals surface area contributed by atoms with Crippen LogP contribution in [0.25, 0.3) is 0 Å². The summed E-state index contributed by atoms with van der Waals surface area (Å²) in [6.07, 6.45) is 4.23. The third-order valence-corrected chi connectivity index (χ3v) is 6.46. The summed E-state index contributed by atoms with van der Waals surface area (Å²) in [4.78, 5) is 0. The van der Waals surface area contributed by atoms with Gasteiger partial charge in [0.05, 0.1) is 19.8 Å². The van der Waals surface area contributed by atoms with Gasteiger partial charge in [-0.15, -0.1) is 0 Å². The van der Waals surface area contributed by atoms with Crippen LogP contribution < -0.4 is 14.8 Å². The highest BCUT2D eigenvalue weighted by atomic mass is 16.5. The monoisotopic (exact) mass is 397 g/mol. The number of benzene rings is 2. The van der Waals surface area contributed by atoms with Gasteiger partial charge in [-0.25, -0.2) is 0 Å². The largest absolute Gasteiger partial charge is 0.497 e. The third-order valence-electron chi connectivity index (χ3n) is 6.46. The van der Waals surface area contributed by atoms with Gasteiger partial charge in [-0.05, 0) is 74.5 Å². The maximum Gasteiger partial charge on any atom is 0.118 e. The minimum absolute atomic E-state index is 0.0613. The number of methoxy groups -OCH3 is 2. The maximum absolute atomic E-state index is 6.18. The average Bonchev–Trinajstić information content (AvgIpc) is 2.77. The van der Waals surface area contributed by atoms with Gasteiger partial charge in [-0.2, -0.15) is 0 Å². The third kappa shape index (κ3) is 5.31. The number of hydrogen-bond donors (Lipinski definition) is 1. The van der Waals surface area contributed by atoms with Gasteiger partial charge in [0.25, 0.3) is 0 Å². The second-order valence-electron chi connectivity index (χ2n) is 8.36. The van der Waals surface area contributed by atoms with Crippen molar-refractivity contribution in [1.29, 1.82) is 0 Å². The second-order valence-corrected chi connectivity index (χ2v) is 8.36. The van der Waals surface area contributed by atoms with Crippen LogP contribution in [0.4, 0.5) is 0 Å². The standard InChI is InChI=1S/C25H35NO3/c1-5-24(2)19-25(15-17-29-24,21-8-12-23(28-4)13-9-21)14-16-26-18-20-6-10-22(27-3)11-7-20/h6-13,26H,5,14-19H2,1-4H3. The summed E-state index contributed by atoms with van der Waals surface area (Å²) in [5.41, 5.74) is 2.73. The molecule has 0 amide bonds. The highest BCUT2D eigenvalue weighted by Gasteiger charge is 2.43. The number of rotatable bonds is 9. The molecule has 2 atom stereocenters. The van der Waals surface area contributed by atoms with Gasteiger partial charge in [0.1, 0.15) is 11.5 Å². The topological polar surface area (TPSA) is 39.7 Å². The Kier molecular flexibility index (Phi) is 7.20. The fraction of sp³-hybridized carbons (Fsp3) is 0.520. The zero-order chi connectivity index (χ0) is 20.7. The molecule has 2 aromatic rings. The van der Waals surface area contributed by atoms with Crippen LogP contribution in [0.3, 0.4) is 0 Å². The summed E-state index contributed by atoms with van der Waals surface area (Å²) in [5, 5.41) is 3.64. The molecule has 2 unspecified atom stereocenters. The molecular weight excluding hydrogens is 362 g/mol. The molecule has 0 spiro atoms. The second kappa shape index (κ2) is 9.64. The highest BCUT2D eigenvalue weighted by Crippen LogP contribution is 2.45. The molecule has 0 bridgehead atoms. The minimum Gasteiger partial charge on any atom is -0.497 e. The summed E-state index contributed by atoms with van der Waals surface area (Å²) in [6.45, 7) is 7.14. The fourth-order valence-corrected chi connectivity index (χ4v) is 4.43. The van der Waals surface area contributed by atoms with Crippen molar-refractivity contribution < 1.29 is 14.2 Å². The minimum atomic E-state index is -0.0613. The SMILES string of the molecule is CCC1(C)CC(CCNCc2ccc(OC)cc2)(c2ccc(OC)cc2)CCO1. The Morgan fingerprint density at radius 3 is 2.17 bits per heavy atom. The van der Waals surface area contributed by atoms with E-state index in [0.717, 1.165) is 56.9 Å². The molecule has 1 heterocycles. The Morgan fingerprint density at radius 2 is 1.59 bits per heavy atom. The van der Waals surface area contributed by atoms with Crippen LogP contribution in [0.5, 0.6) is 11.5 Å². The van der Waals surface area contributed by atoms with E-state index in [0.29, 0.717) is 0 Å². The lowest BCUT2D eigenvalue weighted by atomic mass is 9.66. The van der Waals surface area contributed by atoms with E-state index in [1.807, 2.05) is 12.1 Å². The van der Waals surface area contributed by atoms with Crippen LogP contribution in [0.15, 0.2) is 48.5 Å². The van der Waals surface area contributed by atoms with Gasteiger partial charge in [-0.1, -0.05) is 31.2 Å². The van der Waals surface area contributed by atoms with E-state index in [2.05, 4.69) is 55.6 Å². The first-order valence-electron chi connectivity index (χ1n) is 10.6. The number of hydrogen-bond acceptors (Lipinski definition) is 4. The van der Waals surface area contributed by atoms with Gasteiger partial charge in [0.2, 0.25) is 0 Å². The van der Waals surface area contributed by atoms with Crippen molar-refractivity contribution in [2.24, 2.45) is 0 Å². The van der Waals surface area contributed by atoms with Crippen LogP contribution in [0.1, 0.15) is 50.7 Å². The zero-order valence-electron chi connectivity index (χ0n) is 18.3. The average molecular weight is 398 g/mol. The molecule has 1 fully saturated rings. The zero-order valence-corrected chi connectivity index (χ0v) is 18.3. The summed E-state index contributed by atoms with van der Waals surface area (Å²) in [6, 6.07) is 16.9. The molecular formula is C25H35NO3. The van der Waals surface area contributed by atoms with Crippen molar-refractivity contribution in [3.63, 3.8) is 0 Å². The van der Waals surface area contributed by atoms with Crippen molar-refractivity contribution in [1.82, 2.24) is 5.32 Å². The molecule has 29 heavy (non-hydrogen) atoms. The predicted molar refractivity (Wildman–Crippen MR) is 118 cm³/mol. The van der Waals surface area contributed by atoms with Crippen molar-refractivity contribution in [3.05, 3.63) is 59.7 Å². The predicted octanol–water partition coefficient (Wildman–Crippen LogP) is 5.10. The van der Waals surface area contributed by atoms with E-state index in [1.165, 1.54) is 11.1 Å². The molecule has 1 aliphatic rings. The van der Waals surface area contributed by atoms with E-state index in [-0.39, 0.29) is 11.0 Å². The van der Waals surface area contributed by atoms with Crippen molar-refractivity contribution in [2.75, 3.05) is 27.4 Å². The van der Waals surface area contributed by atoms with Crippen LogP contribution >= 0.6 is 0 Å². The number of nitrogens with one attached hydrogen (secondary N) is 1. The molecule has 0 aromatic heterocycles. The van der Waals surface area contributed by atoms with Crippen LogP contribution in [-0.2, 0) is 16.7 Å². The molecule has 0 saturated carbocycles. The molecule has 4 nitrogen and oxygen atoms in total. The lowest BCUT2D eigenvalue weighted by Gasteiger charge is -2.47. The van der Waals surface area contributed by atoms with E-state index in [9.17, 15) is 0 Å². The molecule has 0 aliphatic carbocycles. The molecule has 0 radical (unpaired) electrons. The van der Waals surface area contributed by atoms with Gasteiger partial charge in [-0.3, -0.25) is 0 Å². The summed E-state index contributed by atoms with van der Waals surface area (Å²) in [5.74, 6) is 1.81. The van der Waals surface area contributed by atoms with Crippen molar-refractivity contribution in [3.8, 4) is 11.5 Å². The van der Waals surface area contributed by atoms with E-state index < -0.39 is 0 Å². The Labute approximate surface area is 175 Å². The highest BCUT2D eigenvalue weighted by molar-refractivity contribution is 5.33. The molecule has 158 valence electrons. The summed E-state index contributed by atoms with van der Waals surface area (Å²) >= 11 is 0. The van der Waals surface area contributed by atoms with Crippen molar-refractivity contribution >= 4 is 0 Å². The Balaban J connectivity index is 1.69. The summed E-state index contributed by atoms with van der Waals surface area (Å²) < 4.78 is 16.8. The lowest BCUT2D eigenvalue weighted by Crippen LogP contribution is -2.46. The van der Waals surface area contributed by atoms with E-state index in [4.69, 9.17) is 14.2 Å². The van der Waals surface area contributed by atoms with E-state index >= 15 is 0 Å². The first-order chi connectivity index (χ1) is 14.0. The lowest BCUT2D eigenvalue weighted by molar-refractivity contribution is -0.0979. The molecule has 1 N–H and O–H groups in total. The first-order valence-corrected chi connectivity index (χ1v) is 10.6. The molecule has 1 saturated heterocycles. The maximum atomic E-state index is 6.18. The Hall–Kier alpha value is -2.04. The van der Waals surface area contributed by atoms with Crippen LogP contribution in [0, 0.1) is 0 Å². The van der Waals surface area contributed by atoms with Crippen molar-refractivity contribution in [2.45, 2.75) is 57.1 Å². The first kappa shape index (κ1) is 21.7. The smallest absolute Gasteiger partial charge is 0.118 e. The van der Waals surface area contributed by atoms with Gasteiger partial charge in [0, 0.05) is 18.6 Å². The molecule has 3 rings (SSSR count). The Morgan fingerprint density at radius 1 is 0.966 bits per heavy atom. The fourth-order valence-electron chi connectivity index (χ4n) is 4.43. The van der Waals surface area contributed by atoms with Gasteiger partial charge in [0.15, 0.2) is 0 Å². The van der Waals surface area contributed by atoms with Crippen LogP contribution in [0.2, 0.25) is 0 Å².